The van der Waals surface area contributed by atoms with E-state index in [1.54, 1.807) is 12.1 Å². The lowest BCUT2D eigenvalue weighted by atomic mass is 10.1. The number of carbonyl (C=O) groups is 2. The number of carboxylic acid groups (broad SMARTS) is 1. The summed E-state index contributed by atoms with van der Waals surface area (Å²) >= 11 is 0. The smallest absolute Gasteiger partial charge is 0.411 e. The number of cyclic esters (lactones) is 1. The third-order valence-electron chi connectivity index (χ3n) is 3.53. The zero-order chi connectivity index (χ0) is 15.4. The van der Waals surface area contributed by atoms with Crippen molar-refractivity contribution in [1.29, 1.82) is 0 Å². The highest BCUT2D eigenvalue weighted by atomic mass is 16.6. The van der Waals surface area contributed by atoms with Crippen LogP contribution in [0.25, 0.3) is 0 Å². The van der Waals surface area contributed by atoms with Crippen molar-refractivity contribution in [2.75, 3.05) is 7.11 Å². The lowest BCUT2D eigenvalue weighted by Gasteiger charge is -2.21. The van der Waals surface area contributed by atoms with E-state index in [4.69, 9.17) is 9.47 Å². The molecule has 1 aliphatic rings. The van der Waals surface area contributed by atoms with Crippen LogP contribution in [-0.4, -0.2) is 41.3 Å². The quantitative estimate of drug-likeness (QED) is 0.870. The molecule has 6 nitrogen and oxygen atoms in total. The molecule has 0 aliphatic carbocycles. The first-order valence-electron chi connectivity index (χ1n) is 6.90. The minimum absolute atomic E-state index is 0.153. The summed E-state index contributed by atoms with van der Waals surface area (Å²) in [4.78, 5) is 24.7. The normalized spacial score (nSPS) is 21.2. The van der Waals surface area contributed by atoms with E-state index in [9.17, 15) is 14.7 Å². The zero-order valence-electron chi connectivity index (χ0n) is 12.1. The summed E-state index contributed by atoms with van der Waals surface area (Å²) in [5, 5.41) is 9.40. The Hall–Kier alpha value is -2.24. The Morgan fingerprint density at radius 2 is 2.14 bits per heavy atom. The minimum Gasteiger partial charge on any atom is -0.496 e. The van der Waals surface area contributed by atoms with Crippen LogP contribution >= 0.6 is 0 Å². The van der Waals surface area contributed by atoms with Crippen molar-refractivity contribution in [3.05, 3.63) is 29.8 Å². The van der Waals surface area contributed by atoms with Crippen LogP contribution < -0.4 is 4.74 Å². The van der Waals surface area contributed by atoms with Gasteiger partial charge in [-0.1, -0.05) is 31.5 Å². The Kier molecular flexibility index (Phi) is 4.67. The molecule has 1 heterocycles. The van der Waals surface area contributed by atoms with E-state index in [1.807, 2.05) is 19.1 Å². The van der Waals surface area contributed by atoms with Gasteiger partial charge in [0.25, 0.3) is 0 Å². The molecule has 0 bridgehead atoms. The largest absolute Gasteiger partial charge is 0.496 e. The molecule has 0 aromatic heterocycles. The lowest BCUT2D eigenvalue weighted by Crippen LogP contribution is -2.42. The van der Waals surface area contributed by atoms with Gasteiger partial charge in [-0.2, -0.15) is 0 Å². The summed E-state index contributed by atoms with van der Waals surface area (Å²) < 4.78 is 10.4. The number of aliphatic carboxylic acids is 1. The third kappa shape index (κ3) is 3.09. The molecule has 6 heteroatoms. The number of benzene rings is 1. The Morgan fingerprint density at radius 1 is 1.43 bits per heavy atom. The van der Waals surface area contributed by atoms with Gasteiger partial charge in [0.05, 0.1) is 13.7 Å². The molecule has 2 rings (SSSR count). The van der Waals surface area contributed by atoms with Crippen molar-refractivity contribution in [3.63, 3.8) is 0 Å². The Bertz CT molecular complexity index is 531. The van der Waals surface area contributed by atoms with Crippen molar-refractivity contribution < 1.29 is 24.2 Å². The van der Waals surface area contributed by atoms with E-state index in [1.165, 1.54) is 12.0 Å². The minimum atomic E-state index is -1.05. The second kappa shape index (κ2) is 6.47. The van der Waals surface area contributed by atoms with E-state index >= 15 is 0 Å². The predicted octanol–water partition coefficient (Wildman–Crippen LogP) is 2.27. The third-order valence-corrected chi connectivity index (χ3v) is 3.53. The topological polar surface area (TPSA) is 76.1 Å². The molecule has 0 saturated carbocycles. The van der Waals surface area contributed by atoms with Gasteiger partial charge in [0.2, 0.25) is 0 Å². The SMILES string of the molecule is CCC[C@@H]1OC(=O)N(Cc2ccccc2OC)[C@H]1C(=O)O. The molecular formula is C15H19NO5. The highest BCUT2D eigenvalue weighted by Crippen LogP contribution is 2.28. The molecule has 1 N–H and O–H groups in total. The maximum Gasteiger partial charge on any atom is 0.411 e. The van der Waals surface area contributed by atoms with E-state index < -0.39 is 24.2 Å². The van der Waals surface area contributed by atoms with Gasteiger partial charge in [0.1, 0.15) is 11.9 Å². The van der Waals surface area contributed by atoms with Crippen LogP contribution in [0.2, 0.25) is 0 Å². The first-order valence-corrected chi connectivity index (χ1v) is 6.90. The van der Waals surface area contributed by atoms with Crippen molar-refractivity contribution in [2.45, 2.75) is 38.5 Å². The van der Waals surface area contributed by atoms with Gasteiger partial charge >= 0.3 is 12.1 Å². The maximum absolute atomic E-state index is 12.0. The molecule has 1 aromatic carbocycles. The van der Waals surface area contributed by atoms with Crippen LogP contribution in [0.15, 0.2) is 24.3 Å². The van der Waals surface area contributed by atoms with Crippen LogP contribution in [-0.2, 0) is 16.1 Å². The summed E-state index contributed by atoms with van der Waals surface area (Å²) in [7, 11) is 1.54. The number of methoxy groups -OCH3 is 1. The Balaban J connectivity index is 2.24. The lowest BCUT2D eigenvalue weighted by molar-refractivity contribution is -0.143. The van der Waals surface area contributed by atoms with Crippen LogP contribution in [0, 0.1) is 0 Å². The molecule has 1 fully saturated rings. The molecule has 1 saturated heterocycles. The van der Waals surface area contributed by atoms with E-state index in [0.717, 1.165) is 12.0 Å². The van der Waals surface area contributed by atoms with Gasteiger partial charge < -0.3 is 14.6 Å². The van der Waals surface area contributed by atoms with Crippen molar-refractivity contribution >= 4 is 12.1 Å². The van der Waals surface area contributed by atoms with Gasteiger partial charge in [-0.3, -0.25) is 4.90 Å². The Labute approximate surface area is 123 Å². The molecule has 1 aromatic rings. The number of carboxylic acids is 1. The fourth-order valence-corrected chi connectivity index (χ4v) is 2.55. The first kappa shape index (κ1) is 15.2. The number of para-hydroxylation sites is 1. The molecule has 0 spiro atoms. The standard InChI is InChI=1S/C15H19NO5/c1-3-6-12-13(14(17)18)16(15(19)21-12)9-10-7-4-5-8-11(10)20-2/h4-5,7-8,12-13H,3,6,9H2,1-2H3,(H,17,18)/t12-,13+/m0/s1. The first-order chi connectivity index (χ1) is 10.1. The Morgan fingerprint density at radius 3 is 2.76 bits per heavy atom. The maximum atomic E-state index is 12.0. The molecule has 0 radical (unpaired) electrons. The molecular weight excluding hydrogens is 274 g/mol. The fraction of sp³-hybridized carbons (Fsp3) is 0.467. The molecule has 114 valence electrons. The van der Waals surface area contributed by atoms with Gasteiger partial charge in [-0.05, 0) is 12.5 Å². The predicted molar refractivity (Wildman–Crippen MR) is 75.1 cm³/mol. The van der Waals surface area contributed by atoms with Crippen LogP contribution in [0.4, 0.5) is 4.79 Å². The zero-order valence-corrected chi connectivity index (χ0v) is 12.1. The average molecular weight is 293 g/mol. The molecule has 2 atom stereocenters. The number of rotatable bonds is 6. The molecule has 1 amide bonds. The summed E-state index contributed by atoms with van der Waals surface area (Å²) in [6.45, 7) is 2.08. The molecule has 0 unspecified atom stereocenters. The van der Waals surface area contributed by atoms with Crippen molar-refractivity contribution in [3.8, 4) is 5.75 Å². The van der Waals surface area contributed by atoms with Gasteiger partial charge in [0, 0.05) is 5.56 Å². The summed E-state index contributed by atoms with van der Waals surface area (Å²) in [6, 6.07) is 6.26. The second-order valence-electron chi connectivity index (χ2n) is 4.93. The summed E-state index contributed by atoms with van der Waals surface area (Å²) in [5.41, 5.74) is 0.750. The number of hydrogen-bond donors (Lipinski definition) is 1. The van der Waals surface area contributed by atoms with Crippen LogP contribution in [0.5, 0.6) is 5.75 Å². The van der Waals surface area contributed by atoms with Gasteiger partial charge in [-0.25, -0.2) is 9.59 Å². The van der Waals surface area contributed by atoms with Crippen molar-refractivity contribution in [1.82, 2.24) is 4.90 Å². The van der Waals surface area contributed by atoms with Gasteiger partial charge in [0.15, 0.2) is 6.04 Å². The monoisotopic (exact) mass is 293 g/mol. The van der Waals surface area contributed by atoms with Crippen molar-refractivity contribution in [2.24, 2.45) is 0 Å². The number of carbonyl (C=O) groups excluding carboxylic acids is 1. The highest BCUT2D eigenvalue weighted by Gasteiger charge is 2.45. The second-order valence-corrected chi connectivity index (χ2v) is 4.93. The van der Waals surface area contributed by atoms with Crippen LogP contribution in [0.1, 0.15) is 25.3 Å². The van der Waals surface area contributed by atoms with E-state index in [0.29, 0.717) is 12.2 Å². The molecule has 1 aliphatic heterocycles. The number of nitrogens with zero attached hydrogens (tertiary/aromatic N) is 1. The number of amides is 1. The fourth-order valence-electron chi connectivity index (χ4n) is 2.55. The van der Waals surface area contributed by atoms with E-state index in [-0.39, 0.29) is 6.54 Å². The summed E-state index contributed by atoms with van der Waals surface area (Å²) in [6.07, 6.45) is 0.0940. The average Bonchev–Trinajstić information content (AvgIpc) is 2.76. The number of ether oxygens (including phenoxy) is 2. The van der Waals surface area contributed by atoms with E-state index in [2.05, 4.69) is 0 Å². The highest BCUT2D eigenvalue weighted by molar-refractivity contribution is 5.83. The number of hydrogen-bond acceptors (Lipinski definition) is 4. The summed E-state index contributed by atoms with van der Waals surface area (Å²) in [5.74, 6) is -0.428. The van der Waals surface area contributed by atoms with Crippen LogP contribution in [0.3, 0.4) is 0 Å². The molecule has 21 heavy (non-hydrogen) atoms. The van der Waals surface area contributed by atoms with Gasteiger partial charge in [-0.15, -0.1) is 0 Å².